The van der Waals surface area contributed by atoms with Crippen molar-refractivity contribution in [3.8, 4) is 5.75 Å². The summed E-state index contributed by atoms with van der Waals surface area (Å²) in [6.45, 7) is 5.86. The SMILES string of the molecule is CCOC(=O)C[C@H](N)c1c(C)cc(O)cc1C. The van der Waals surface area contributed by atoms with Gasteiger partial charge in [-0.15, -0.1) is 0 Å². The van der Waals surface area contributed by atoms with Crippen molar-refractivity contribution >= 4 is 5.97 Å². The van der Waals surface area contributed by atoms with Gasteiger partial charge in [0, 0.05) is 6.04 Å². The third kappa shape index (κ3) is 3.46. The van der Waals surface area contributed by atoms with Gasteiger partial charge in [0.15, 0.2) is 0 Å². The molecule has 4 nitrogen and oxygen atoms in total. The molecule has 4 heteroatoms. The van der Waals surface area contributed by atoms with Crippen LogP contribution in [0.15, 0.2) is 12.1 Å². The predicted molar refractivity (Wildman–Crippen MR) is 65.8 cm³/mol. The molecule has 0 aliphatic rings. The second kappa shape index (κ2) is 5.68. The van der Waals surface area contributed by atoms with Gasteiger partial charge in [0.25, 0.3) is 0 Å². The number of aromatic hydroxyl groups is 1. The first-order valence-corrected chi connectivity index (χ1v) is 5.67. The molecule has 0 aliphatic carbocycles. The van der Waals surface area contributed by atoms with E-state index in [9.17, 15) is 9.90 Å². The summed E-state index contributed by atoms with van der Waals surface area (Å²) in [5.74, 6) is -0.0843. The summed E-state index contributed by atoms with van der Waals surface area (Å²) in [5, 5.41) is 9.43. The maximum Gasteiger partial charge on any atom is 0.307 e. The fourth-order valence-electron chi connectivity index (χ4n) is 2.04. The molecule has 1 aromatic carbocycles. The van der Waals surface area contributed by atoms with Crippen LogP contribution in [0.3, 0.4) is 0 Å². The Morgan fingerprint density at radius 3 is 2.41 bits per heavy atom. The van der Waals surface area contributed by atoms with E-state index in [1.807, 2.05) is 13.8 Å². The highest BCUT2D eigenvalue weighted by atomic mass is 16.5. The van der Waals surface area contributed by atoms with Gasteiger partial charge in [-0.1, -0.05) is 0 Å². The van der Waals surface area contributed by atoms with Gasteiger partial charge in [0.2, 0.25) is 0 Å². The van der Waals surface area contributed by atoms with Crippen LogP contribution in [-0.2, 0) is 9.53 Å². The molecule has 0 saturated heterocycles. The van der Waals surface area contributed by atoms with Crippen molar-refractivity contribution in [1.29, 1.82) is 0 Å². The summed E-state index contributed by atoms with van der Waals surface area (Å²) in [5.41, 5.74) is 8.67. The molecule has 1 rings (SSSR count). The summed E-state index contributed by atoms with van der Waals surface area (Å²) in [6, 6.07) is 2.90. The lowest BCUT2D eigenvalue weighted by Gasteiger charge is -2.17. The molecule has 0 spiro atoms. The van der Waals surface area contributed by atoms with Gasteiger partial charge in [0.05, 0.1) is 13.0 Å². The molecule has 0 fully saturated rings. The topological polar surface area (TPSA) is 72.5 Å². The van der Waals surface area contributed by atoms with Crippen LogP contribution in [0.2, 0.25) is 0 Å². The maximum absolute atomic E-state index is 11.4. The summed E-state index contributed by atoms with van der Waals surface area (Å²) in [7, 11) is 0. The molecule has 1 aromatic rings. The first-order chi connectivity index (χ1) is 7.95. The van der Waals surface area contributed by atoms with Crippen LogP contribution in [0.1, 0.15) is 36.1 Å². The van der Waals surface area contributed by atoms with Crippen LogP contribution in [-0.4, -0.2) is 17.7 Å². The van der Waals surface area contributed by atoms with Gasteiger partial charge in [-0.2, -0.15) is 0 Å². The molecule has 0 aliphatic heterocycles. The summed E-state index contributed by atoms with van der Waals surface area (Å²) in [6.07, 6.45) is 0.153. The smallest absolute Gasteiger partial charge is 0.307 e. The van der Waals surface area contributed by atoms with Crippen LogP contribution in [0, 0.1) is 13.8 Å². The second-order valence-electron chi connectivity index (χ2n) is 4.11. The quantitative estimate of drug-likeness (QED) is 0.785. The number of rotatable bonds is 4. The molecule has 0 heterocycles. The van der Waals surface area contributed by atoms with E-state index in [0.717, 1.165) is 16.7 Å². The van der Waals surface area contributed by atoms with Crippen molar-refractivity contribution in [1.82, 2.24) is 0 Å². The Morgan fingerprint density at radius 1 is 1.41 bits per heavy atom. The molecule has 0 amide bonds. The zero-order chi connectivity index (χ0) is 13.0. The minimum atomic E-state index is -0.394. The van der Waals surface area contributed by atoms with Crippen LogP contribution >= 0.6 is 0 Å². The molecule has 17 heavy (non-hydrogen) atoms. The number of hydrogen-bond donors (Lipinski definition) is 2. The van der Waals surface area contributed by atoms with Crippen LogP contribution in [0.4, 0.5) is 0 Å². The lowest BCUT2D eigenvalue weighted by atomic mass is 9.94. The van der Waals surface area contributed by atoms with Crippen molar-refractivity contribution in [3.63, 3.8) is 0 Å². The Morgan fingerprint density at radius 2 is 1.94 bits per heavy atom. The van der Waals surface area contributed by atoms with E-state index in [1.165, 1.54) is 0 Å². The Hall–Kier alpha value is -1.55. The second-order valence-corrected chi connectivity index (χ2v) is 4.11. The first kappa shape index (κ1) is 13.5. The van der Waals surface area contributed by atoms with E-state index >= 15 is 0 Å². The molecule has 0 aromatic heterocycles. The monoisotopic (exact) mass is 237 g/mol. The Labute approximate surface area is 101 Å². The van der Waals surface area contributed by atoms with Crippen molar-refractivity contribution in [2.24, 2.45) is 5.73 Å². The normalized spacial score (nSPS) is 12.2. The zero-order valence-electron chi connectivity index (χ0n) is 10.5. The van der Waals surface area contributed by atoms with Crippen molar-refractivity contribution in [2.45, 2.75) is 33.2 Å². The van der Waals surface area contributed by atoms with Crippen LogP contribution in [0.25, 0.3) is 0 Å². The van der Waals surface area contributed by atoms with Gasteiger partial charge >= 0.3 is 5.97 Å². The first-order valence-electron chi connectivity index (χ1n) is 5.67. The van der Waals surface area contributed by atoms with Gasteiger partial charge in [-0.3, -0.25) is 4.79 Å². The Kier molecular flexibility index (Phi) is 4.52. The highest BCUT2D eigenvalue weighted by molar-refractivity contribution is 5.70. The standard InChI is InChI=1S/C13H19NO3/c1-4-17-12(16)7-11(14)13-8(2)5-10(15)6-9(13)3/h5-6,11,15H,4,7,14H2,1-3H3/t11-/m0/s1. The van der Waals surface area contributed by atoms with E-state index in [2.05, 4.69) is 0 Å². The minimum Gasteiger partial charge on any atom is -0.508 e. The number of ether oxygens (including phenoxy) is 1. The average molecular weight is 237 g/mol. The molecule has 0 saturated carbocycles. The van der Waals surface area contributed by atoms with E-state index in [1.54, 1.807) is 19.1 Å². The van der Waals surface area contributed by atoms with Crippen molar-refractivity contribution in [3.05, 3.63) is 28.8 Å². The molecular formula is C13H19NO3. The average Bonchev–Trinajstić information content (AvgIpc) is 2.15. The molecule has 1 atom stereocenters. The summed E-state index contributed by atoms with van der Waals surface area (Å²) in [4.78, 5) is 11.4. The number of phenols is 1. The van der Waals surface area contributed by atoms with Crippen molar-refractivity contribution < 1.29 is 14.6 Å². The fourth-order valence-corrected chi connectivity index (χ4v) is 2.04. The van der Waals surface area contributed by atoms with Crippen LogP contribution < -0.4 is 5.73 Å². The third-order valence-corrected chi connectivity index (χ3v) is 2.64. The van der Waals surface area contributed by atoms with Gasteiger partial charge < -0.3 is 15.6 Å². The number of aryl methyl sites for hydroxylation is 2. The third-order valence-electron chi connectivity index (χ3n) is 2.64. The fraction of sp³-hybridized carbons (Fsp3) is 0.462. The van der Waals surface area contributed by atoms with E-state index in [-0.39, 0.29) is 18.1 Å². The van der Waals surface area contributed by atoms with Crippen molar-refractivity contribution in [2.75, 3.05) is 6.61 Å². The number of carbonyl (C=O) groups is 1. The van der Waals surface area contributed by atoms with Gasteiger partial charge in [-0.25, -0.2) is 0 Å². The Balaban J connectivity index is 2.89. The zero-order valence-corrected chi connectivity index (χ0v) is 10.5. The summed E-state index contributed by atoms with van der Waals surface area (Å²) < 4.78 is 4.87. The highest BCUT2D eigenvalue weighted by Gasteiger charge is 2.17. The molecule has 3 N–H and O–H groups in total. The Bertz CT molecular complexity index is 392. The molecular weight excluding hydrogens is 218 g/mol. The number of benzene rings is 1. The van der Waals surface area contributed by atoms with Crippen LogP contribution in [0.5, 0.6) is 5.75 Å². The van der Waals surface area contributed by atoms with E-state index in [0.29, 0.717) is 6.61 Å². The van der Waals surface area contributed by atoms with Gasteiger partial charge in [-0.05, 0) is 49.6 Å². The number of nitrogens with two attached hydrogens (primary N) is 1. The molecule has 94 valence electrons. The molecule has 0 radical (unpaired) electrons. The van der Waals surface area contributed by atoms with E-state index in [4.69, 9.17) is 10.5 Å². The predicted octanol–water partition coefficient (Wildman–Crippen LogP) is 1.96. The lowest BCUT2D eigenvalue weighted by Crippen LogP contribution is -2.19. The van der Waals surface area contributed by atoms with Gasteiger partial charge in [0.1, 0.15) is 5.75 Å². The number of esters is 1. The highest BCUT2D eigenvalue weighted by Crippen LogP contribution is 2.26. The maximum atomic E-state index is 11.4. The number of carbonyl (C=O) groups excluding carboxylic acids is 1. The van der Waals surface area contributed by atoms with E-state index < -0.39 is 6.04 Å². The molecule has 0 bridgehead atoms. The molecule has 0 unspecified atom stereocenters. The number of hydrogen-bond acceptors (Lipinski definition) is 4. The number of phenolic OH excluding ortho intramolecular Hbond substituents is 1. The lowest BCUT2D eigenvalue weighted by molar-refractivity contribution is -0.143. The minimum absolute atomic E-state index is 0.153. The largest absolute Gasteiger partial charge is 0.508 e. The summed E-state index contributed by atoms with van der Waals surface area (Å²) >= 11 is 0.